The van der Waals surface area contributed by atoms with Crippen LogP contribution in [0, 0.1) is 17.7 Å². The van der Waals surface area contributed by atoms with E-state index in [1.54, 1.807) is 6.07 Å². The number of benzene rings is 1. The van der Waals surface area contributed by atoms with Gasteiger partial charge < -0.3 is 10.0 Å². The third kappa shape index (κ3) is 3.92. The lowest BCUT2D eigenvalue weighted by molar-refractivity contribution is -0.0249. The Labute approximate surface area is 160 Å². The summed E-state index contributed by atoms with van der Waals surface area (Å²) in [6, 6.07) is 4.98. The molecule has 1 saturated carbocycles. The fourth-order valence-corrected chi connectivity index (χ4v) is 5.30. The van der Waals surface area contributed by atoms with Crippen molar-refractivity contribution in [2.45, 2.75) is 31.5 Å². The highest BCUT2D eigenvalue weighted by molar-refractivity contribution is 6.31. The first-order valence-corrected chi connectivity index (χ1v) is 10.1. The minimum Gasteiger partial charge on any atom is -0.391 e. The Balaban J connectivity index is 1.37. The molecule has 4 atom stereocenters. The van der Waals surface area contributed by atoms with Crippen LogP contribution < -0.4 is 0 Å². The summed E-state index contributed by atoms with van der Waals surface area (Å²) in [5, 5.41) is 11.3. The molecular formula is C20H29ClFN3O. The minimum absolute atomic E-state index is 0.214. The first kappa shape index (κ1) is 18.6. The van der Waals surface area contributed by atoms with E-state index in [0.29, 0.717) is 22.9 Å². The van der Waals surface area contributed by atoms with Crippen molar-refractivity contribution in [1.82, 2.24) is 14.7 Å². The second-order valence-electron chi connectivity index (χ2n) is 8.40. The van der Waals surface area contributed by atoms with Crippen LogP contribution in [0.1, 0.15) is 18.4 Å². The highest BCUT2D eigenvalue weighted by atomic mass is 35.5. The van der Waals surface area contributed by atoms with Gasteiger partial charge in [0.15, 0.2) is 0 Å². The average molecular weight is 382 g/mol. The summed E-state index contributed by atoms with van der Waals surface area (Å²) >= 11 is 6.20. The number of piperazine rings is 1. The van der Waals surface area contributed by atoms with Crippen LogP contribution in [-0.4, -0.2) is 78.3 Å². The van der Waals surface area contributed by atoms with Crippen molar-refractivity contribution in [3.8, 4) is 0 Å². The average Bonchev–Trinajstić information content (AvgIpc) is 2.99. The molecule has 3 fully saturated rings. The van der Waals surface area contributed by atoms with Gasteiger partial charge in [0.1, 0.15) is 5.82 Å². The zero-order chi connectivity index (χ0) is 18.3. The molecule has 0 spiro atoms. The number of nitrogens with zero attached hydrogens (tertiary/aromatic N) is 3. The molecular weight excluding hydrogens is 353 g/mol. The highest BCUT2D eigenvalue weighted by Crippen LogP contribution is 2.39. The number of hydrogen-bond donors (Lipinski definition) is 1. The van der Waals surface area contributed by atoms with Gasteiger partial charge in [0, 0.05) is 56.9 Å². The van der Waals surface area contributed by atoms with E-state index in [4.69, 9.17) is 11.6 Å². The molecule has 0 radical (unpaired) electrons. The summed E-state index contributed by atoms with van der Waals surface area (Å²) in [4.78, 5) is 7.28. The van der Waals surface area contributed by atoms with Gasteiger partial charge in [-0.25, -0.2) is 4.39 Å². The highest BCUT2D eigenvalue weighted by Gasteiger charge is 2.43. The van der Waals surface area contributed by atoms with E-state index in [2.05, 4.69) is 21.7 Å². The van der Waals surface area contributed by atoms with Gasteiger partial charge in [-0.1, -0.05) is 17.7 Å². The number of halogens is 2. The molecule has 0 aromatic heterocycles. The largest absolute Gasteiger partial charge is 0.391 e. The maximum Gasteiger partial charge on any atom is 0.124 e. The zero-order valence-corrected chi connectivity index (χ0v) is 16.2. The van der Waals surface area contributed by atoms with Crippen LogP contribution in [0.5, 0.6) is 0 Å². The Kier molecular flexibility index (Phi) is 5.53. The first-order chi connectivity index (χ1) is 12.5. The van der Waals surface area contributed by atoms with Gasteiger partial charge in [-0.05, 0) is 49.4 Å². The van der Waals surface area contributed by atoms with Crippen molar-refractivity contribution in [3.05, 3.63) is 34.6 Å². The van der Waals surface area contributed by atoms with E-state index in [-0.39, 0.29) is 11.9 Å². The monoisotopic (exact) mass is 381 g/mol. The molecule has 4 nitrogen and oxygen atoms in total. The Morgan fingerprint density at radius 3 is 2.50 bits per heavy atom. The van der Waals surface area contributed by atoms with E-state index >= 15 is 0 Å². The maximum absolute atomic E-state index is 13.3. The lowest BCUT2D eigenvalue weighted by Crippen LogP contribution is -2.55. The summed E-state index contributed by atoms with van der Waals surface area (Å²) in [5.74, 6) is 0.919. The predicted octanol–water partition coefficient (Wildman–Crippen LogP) is 2.30. The van der Waals surface area contributed by atoms with Crippen LogP contribution in [0.15, 0.2) is 18.2 Å². The molecule has 2 heterocycles. The molecule has 6 heteroatoms. The van der Waals surface area contributed by atoms with Crippen LogP contribution in [0.4, 0.5) is 4.39 Å². The maximum atomic E-state index is 13.3. The summed E-state index contributed by atoms with van der Waals surface area (Å²) in [6.07, 6.45) is 1.77. The van der Waals surface area contributed by atoms with E-state index in [0.717, 1.165) is 64.2 Å². The van der Waals surface area contributed by atoms with Crippen LogP contribution in [0.2, 0.25) is 5.02 Å². The van der Waals surface area contributed by atoms with Gasteiger partial charge in [-0.15, -0.1) is 0 Å². The molecule has 0 amide bonds. The lowest BCUT2D eigenvalue weighted by Gasteiger charge is -2.44. The molecule has 26 heavy (non-hydrogen) atoms. The molecule has 0 unspecified atom stereocenters. The summed E-state index contributed by atoms with van der Waals surface area (Å²) in [6.45, 7) is 7.12. The molecule has 2 aliphatic heterocycles. The molecule has 1 aromatic carbocycles. The molecule has 1 N–H and O–H groups in total. The van der Waals surface area contributed by atoms with Gasteiger partial charge >= 0.3 is 0 Å². The summed E-state index contributed by atoms with van der Waals surface area (Å²) < 4.78 is 13.3. The van der Waals surface area contributed by atoms with Gasteiger partial charge in [0.25, 0.3) is 0 Å². The quantitative estimate of drug-likeness (QED) is 0.870. The molecule has 1 aliphatic carbocycles. The smallest absolute Gasteiger partial charge is 0.124 e. The van der Waals surface area contributed by atoms with Crippen molar-refractivity contribution in [2.75, 3.05) is 46.3 Å². The Morgan fingerprint density at radius 1 is 1.12 bits per heavy atom. The minimum atomic E-state index is -0.285. The van der Waals surface area contributed by atoms with Crippen molar-refractivity contribution >= 4 is 11.6 Å². The number of aliphatic hydroxyl groups excluding tert-OH is 1. The molecule has 0 bridgehead atoms. The number of likely N-dealkylation sites (N-methyl/N-ethyl adjacent to an activating group) is 1. The lowest BCUT2D eigenvalue weighted by atomic mass is 9.77. The Morgan fingerprint density at radius 2 is 1.81 bits per heavy atom. The van der Waals surface area contributed by atoms with Crippen LogP contribution in [-0.2, 0) is 6.54 Å². The summed E-state index contributed by atoms with van der Waals surface area (Å²) in [7, 11) is 2.17. The molecule has 4 rings (SSSR count). The Hall–Kier alpha value is -0.720. The molecule has 144 valence electrons. The number of aliphatic hydroxyl groups is 1. The SMILES string of the molecule is CN1CCN([C@@H]2C[C@@H]3CN(Cc4ccc(F)cc4Cl)C[C@@H]3C[C@H]2O)CC1. The third-order valence-corrected chi connectivity index (χ3v) is 6.95. The third-order valence-electron chi connectivity index (χ3n) is 6.60. The van der Waals surface area contributed by atoms with Crippen molar-refractivity contribution in [2.24, 2.45) is 11.8 Å². The van der Waals surface area contributed by atoms with E-state index in [1.807, 2.05) is 0 Å². The van der Waals surface area contributed by atoms with Gasteiger partial charge in [0.2, 0.25) is 0 Å². The Bertz CT molecular complexity index is 637. The second kappa shape index (κ2) is 7.72. The molecule has 2 saturated heterocycles. The molecule has 3 aliphatic rings. The van der Waals surface area contributed by atoms with Gasteiger partial charge in [-0.3, -0.25) is 9.80 Å². The summed E-state index contributed by atoms with van der Waals surface area (Å²) in [5.41, 5.74) is 0.989. The number of fused-ring (bicyclic) bond motifs is 1. The van der Waals surface area contributed by atoms with Crippen molar-refractivity contribution in [3.63, 3.8) is 0 Å². The topological polar surface area (TPSA) is 30.0 Å². The van der Waals surface area contributed by atoms with Crippen LogP contribution in [0.3, 0.4) is 0 Å². The standard InChI is InChI=1S/C20H29ClFN3O/c1-23-4-6-25(7-5-23)19-8-15-12-24(13-16(15)9-20(19)26)11-14-2-3-17(22)10-18(14)21/h2-3,10,15-16,19-20,26H,4-9,11-13H2,1H3/t15-,16+,19-,20-/m1/s1. The van der Waals surface area contributed by atoms with Crippen molar-refractivity contribution in [1.29, 1.82) is 0 Å². The van der Waals surface area contributed by atoms with E-state index in [9.17, 15) is 9.50 Å². The van der Waals surface area contributed by atoms with Gasteiger partial charge in [-0.2, -0.15) is 0 Å². The first-order valence-electron chi connectivity index (χ1n) is 9.76. The predicted molar refractivity (Wildman–Crippen MR) is 102 cm³/mol. The van der Waals surface area contributed by atoms with Gasteiger partial charge in [0.05, 0.1) is 6.10 Å². The number of hydrogen-bond acceptors (Lipinski definition) is 4. The zero-order valence-electron chi connectivity index (χ0n) is 15.5. The fourth-order valence-electron chi connectivity index (χ4n) is 5.07. The van der Waals surface area contributed by atoms with E-state index in [1.165, 1.54) is 12.1 Å². The normalized spacial score (nSPS) is 34.2. The number of rotatable bonds is 3. The van der Waals surface area contributed by atoms with Crippen molar-refractivity contribution < 1.29 is 9.50 Å². The van der Waals surface area contributed by atoms with Crippen LogP contribution in [0.25, 0.3) is 0 Å². The van der Waals surface area contributed by atoms with E-state index < -0.39 is 0 Å². The fraction of sp³-hybridized carbons (Fsp3) is 0.700. The van der Waals surface area contributed by atoms with Crippen LogP contribution >= 0.6 is 11.6 Å². The second-order valence-corrected chi connectivity index (χ2v) is 8.80. The number of likely N-dealkylation sites (tertiary alicyclic amines) is 1. The molecule has 1 aromatic rings.